The van der Waals surface area contributed by atoms with Gasteiger partial charge in [-0.1, -0.05) is 152 Å². The third-order valence-electron chi connectivity index (χ3n) is 11.5. The van der Waals surface area contributed by atoms with Gasteiger partial charge in [-0.05, 0) is 98.9 Å². The number of benzene rings is 8. The average molecular weight is 689 g/mol. The number of rotatable bonds is 5. The van der Waals surface area contributed by atoms with Crippen LogP contribution in [-0.2, 0) is 0 Å². The first-order valence-electron chi connectivity index (χ1n) is 18.8. The molecule has 2 nitrogen and oxygen atoms in total. The summed E-state index contributed by atoms with van der Waals surface area (Å²) in [6.07, 6.45) is 9.15. The average Bonchev–Trinajstić information content (AvgIpc) is 3.76. The molecule has 2 atom stereocenters. The van der Waals surface area contributed by atoms with Gasteiger partial charge >= 0.3 is 0 Å². The molecule has 11 rings (SSSR count). The van der Waals surface area contributed by atoms with Gasteiger partial charge in [-0.2, -0.15) is 0 Å². The number of allylic oxidation sites excluding steroid dienone is 2. The number of para-hydroxylation sites is 1. The molecule has 2 heteroatoms. The SMILES string of the molecule is C1=CC2c3cc(-c4ccc5c(c4)c4ccccc4n5-c4cc(-c5ccccc5)cc(-c5ccccc5)c4)ccc3N(c3cccc4ccccc34)C2C=C1. The van der Waals surface area contributed by atoms with E-state index in [-0.39, 0.29) is 12.0 Å². The number of fused-ring (bicyclic) bond motifs is 7. The topological polar surface area (TPSA) is 8.17 Å². The summed E-state index contributed by atoms with van der Waals surface area (Å²) in [5, 5.41) is 5.06. The molecule has 2 aliphatic rings. The molecule has 1 aliphatic heterocycles. The van der Waals surface area contributed by atoms with Crippen molar-refractivity contribution in [2.75, 3.05) is 4.90 Å². The van der Waals surface area contributed by atoms with E-state index < -0.39 is 0 Å². The van der Waals surface area contributed by atoms with Gasteiger partial charge in [0, 0.05) is 39.1 Å². The molecule has 254 valence electrons. The van der Waals surface area contributed by atoms with Crippen LogP contribution in [0, 0.1) is 0 Å². The highest BCUT2D eigenvalue weighted by atomic mass is 15.2. The monoisotopic (exact) mass is 688 g/mol. The molecule has 54 heavy (non-hydrogen) atoms. The van der Waals surface area contributed by atoms with E-state index in [1.54, 1.807) is 0 Å². The molecule has 9 aromatic rings. The Morgan fingerprint density at radius 1 is 0.370 bits per heavy atom. The number of anilines is 2. The lowest BCUT2D eigenvalue weighted by Crippen LogP contribution is -2.28. The summed E-state index contributed by atoms with van der Waals surface area (Å²) in [5.41, 5.74) is 14.8. The normalized spacial score (nSPS) is 16.0. The van der Waals surface area contributed by atoms with Crippen molar-refractivity contribution in [2.24, 2.45) is 0 Å². The van der Waals surface area contributed by atoms with Crippen LogP contribution in [0.4, 0.5) is 11.4 Å². The Hall–Kier alpha value is -6.90. The standard InChI is InChI=1S/C52H36N2/c1-3-14-35(15-4-1)40-30-41(36-16-5-2-6-17-36)32-42(31-40)53-49-23-11-9-21-44(49)46-33-38(26-28-51(46)53)39-27-29-52-47(34-39)45-22-10-12-24-50(45)54(52)48-25-13-19-37-18-7-8-20-43(37)48/h1-34,45,50H. The van der Waals surface area contributed by atoms with E-state index in [9.17, 15) is 0 Å². The highest BCUT2D eigenvalue weighted by Gasteiger charge is 2.38. The third kappa shape index (κ3) is 4.88. The molecule has 0 bridgehead atoms. The lowest BCUT2D eigenvalue weighted by molar-refractivity contribution is 0.746. The number of nitrogens with zero attached hydrogens (tertiary/aromatic N) is 2. The number of hydrogen-bond acceptors (Lipinski definition) is 1. The summed E-state index contributed by atoms with van der Waals surface area (Å²) in [7, 11) is 0. The van der Waals surface area contributed by atoms with Crippen LogP contribution in [0.3, 0.4) is 0 Å². The van der Waals surface area contributed by atoms with Crippen molar-refractivity contribution >= 4 is 44.0 Å². The zero-order valence-corrected chi connectivity index (χ0v) is 29.7. The highest BCUT2D eigenvalue weighted by molar-refractivity contribution is 6.10. The predicted molar refractivity (Wildman–Crippen MR) is 228 cm³/mol. The van der Waals surface area contributed by atoms with Gasteiger partial charge in [-0.15, -0.1) is 0 Å². The largest absolute Gasteiger partial charge is 0.333 e. The van der Waals surface area contributed by atoms with Crippen LogP contribution in [-0.4, -0.2) is 10.6 Å². The van der Waals surface area contributed by atoms with Crippen molar-refractivity contribution < 1.29 is 0 Å². The van der Waals surface area contributed by atoms with Crippen LogP contribution in [0.25, 0.3) is 71.6 Å². The molecule has 0 saturated heterocycles. The molecular weight excluding hydrogens is 653 g/mol. The van der Waals surface area contributed by atoms with E-state index in [1.807, 2.05) is 0 Å². The Labute approximate surface area is 315 Å². The van der Waals surface area contributed by atoms with E-state index >= 15 is 0 Å². The number of aromatic nitrogens is 1. The molecule has 1 aliphatic carbocycles. The molecule has 1 aromatic heterocycles. The van der Waals surface area contributed by atoms with Crippen LogP contribution in [0.5, 0.6) is 0 Å². The first-order valence-corrected chi connectivity index (χ1v) is 18.8. The fourth-order valence-electron chi connectivity index (χ4n) is 8.98. The summed E-state index contributed by atoms with van der Waals surface area (Å²) in [6, 6.07) is 67.1. The fourth-order valence-corrected chi connectivity index (χ4v) is 8.98. The highest BCUT2D eigenvalue weighted by Crippen LogP contribution is 2.50. The van der Waals surface area contributed by atoms with Crippen LogP contribution in [0.15, 0.2) is 206 Å². The zero-order chi connectivity index (χ0) is 35.6. The van der Waals surface area contributed by atoms with Gasteiger partial charge in [0.05, 0.1) is 17.1 Å². The van der Waals surface area contributed by atoms with Gasteiger partial charge in [0.15, 0.2) is 0 Å². The van der Waals surface area contributed by atoms with Crippen molar-refractivity contribution in [3.05, 3.63) is 212 Å². The maximum Gasteiger partial charge on any atom is 0.0629 e. The number of hydrogen-bond donors (Lipinski definition) is 0. The molecule has 8 aromatic carbocycles. The van der Waals surface area contributed by atoms with Crippen LogP contribution in [0.2, 0.25) is 0 Å². The van der Waals surface area contributed by atoms with Gasteiger partial charge in [0.1, 0.15) is 0 Å². The molecule has 2 unspecified atom stereocenters. The minimum Gasteiger partial charge on any atom is -0.333 e. The summed E-state index contributed by atoms with van der Waals surface area (Å²) < 4.78 is 2.45. The van der Waals surface area contributed by atoms with Crippen molar-refractivity contribution in [1.82, 2.24) is 4.57 Å². The molecule has 0 radical (unpaired) electrons. The fraction of sp³-hybridized carbons (Fsp3) is 0.0385. The minimum absolute atomic E-state index is 0.235. The Morgan fingerprint density at radius 3 is 1.80 bits per heavy atom. The molecular formula is C52H36N2. The molecule has 0 N–H and O–H groups in total. The van der Waals surface area contributed by atoms with Crippen molar-refractivity contribution in [3.8, 4) is 39.1 Å². The Kier molecular flexibility index (Phi) is 7.03. The molecule has 0 saturated carbocycles. The first kappa shape index (κ1) is 30.7. The third-order valence-corrected chi connectivity index (χ3v) is 11.5. The van der Waals surface area contributed by atoms with E-state index in [1.165, 1.54) is 82.9 Å². The Morgan fingerprint density at radius 2 is 1.00 bits per heavy atom. The maximum atomic E-state index is 2.55. The first-order chi connectivity index (χ1) is 26.8. The van der Waals surface area contributed by atoms with Crippen molar-refractivity contribution in [1.29, 1.82) is 0 Å². The van der Waals surface area contributed by atoms with E-state index in [0.717, 1.165) is 5.69 Å². The smallest absolute Gasteiger partial charge is 0.0629 e. The van der Waals surface area contributed by atoms with Gasteiger partial charge in [0.2, 0.25) is 0 Å². The second-order valence-corrected chi connectivity index (χ2v) is 14.5. The van der Waals surface area contributed by atoms with E-state index in [2.05, 4.69) is 216 Å². The lowest BCUT2D eigenvalue weighted by Gasteiger charge is -2.29. The van der Waals surface area contributed by atoms with Gasteiger partial charge in [0.25, 0.3) is 0 Å². The molecule has 2 heterocycles. The summed E-state index contributed by atoms with van der Waals surface area (Å²) in [4.78, 5) is 2.55. The van der Waals surface area contributed by atoms with E-state index in [0.29, 0.717) is 0 Å². The predicted octanol–water partition coefficient (Wildman–Crippen LogP) is 13.7. The van der Waals surface area contributed by atoms with Gasteiger partial charge in [-0.25, -0.2) is 0 Å². The van der Waals surface area contributed by atoms with E-state index in [4.69, 9.17) is 0 Å². The minimum atomic E-state index is 0.235. The summed E-state index contributed by atoms with van der Waals surface area (Å²) in [5.74, 6) is 0.283. The second-order valence-electron chi connectivity index (χ2n) is 14.5. The maximum absolute atomic E-state index is 2.55. The second kappa shape index (κ2) is 12.4. The van der Waals surface area contributed by atoms with Gasteiger partial charge < -0.3 is 9.47 Å². The Balaban J connectivity index is 1.06. The van der Waals surface area contributed by atoms with Crippen LogP contribution in [0.1, 0.15) is 11.5 Å². The van der Waals surface area contributed by atoms with Crippen molar-refractivity contribution in [2.45, 2.75) is 12.0 Å². The summed E-state index contributed by atoms with van der Waals surface area (Å²) >= 11 is 0. The van der Waals surface area contributed by atoms with Crippen LogP contribution < -0.4 is 4.90 Å². The van der Waals surface area contributed by atoms with Crippen molar-refractivity contribution in [3.63, 3.8) is 0 Å². The van der Waals surface area contributed by atoms with Gasteiger partial charge in [-0.3, -0.25) is 0 Å². The van der Waals surface area contributed by atoms with Crippen LogP contribution >= 0.6 is 0 Å². The molecule has 0 fully saturated rings. The quantitative estimate of drug-likeness (QED) is 0.175. The molecule has 0 amide bonds. The zero-order valence-electron chi connectivity index (χ0n) is 29.7. The summed E-state index contributed by atoms with van der Waals surface area (Å²) in [6.45, 7) is 0. The Bertz CT molecular complexity index is 2890. The lowest BCUT2D eigenvalue weighted by atomic mass is 9.89. The molecule has 0 spiro atoms.